The third-order valence-corrected chi connectivity index (χ3v) is 4.08. The Labute approximate surface area is 90.4 Å². The molecule has 0 aliphatic carbocycles. The Balaban J connectivity index is 2.51. The van der Waals surface area contributed by atoms with E-state index in [0.29, 0.717) is 11.2 Å². The highest BCUT2D eigenvalue weighted by molar-refractivity contribution is 8.00. The van der Waals surface area contributed by atoms with Gasteiger partial charge in [-0.1, -0.05) is 13.8 Å². The van der Waals surface area contributed by atoms with Crippen LogP contribution in [0.3, 0.4) is 0 Å². The van der Waals surface area contributed by atoms with Crippen molar-refractivity contribution in [2.24, 2.45) is 11.7 Å². The molecule has 1 saturated heterocycles. The predicted octanol–water partition coefficient (Wildman–Crippen LogP) is 0.934. The van der Waals surface area contributed by atoms with Crippen molar-refractivity contribution in [1.29, 1.82) is 0 Å². The van der Waals surface area contributed by atoms with Crippen LogP contribution in [-0.4, -0.2) is 40.9 Å². The fourth-order valence-electron chi connectivity index (χ4n) is 1.57. The number of rotatable bonds is 2. The highest BCUT2D eigenvalue weighted by Gasteiger charge is 2.27. The summed E-state index contributed by atoms with van der Waals surface area (Å²) in [7, 11) is 0. The van der Waals surface area contributed by atoms with Gasteiger partial charge in [0.15, 0.2) is 0 Å². The molecule has 2 N–H and O–H groups in total. The lowest BCUT2D eigenvalue weighted by Gasteiger charge is -2.35. The summed E-state index contributed by atoms with van der Waals surface area (Å²) in [4.78, 5) is 13.6. The Hall–Kier alpha value is -0.220. The molecule has 0 aromatic carbocycles. The van der Waals surface area contributed by atoms with E-state index in [1.54, 1.807) is 6.92 Å². The predicted molar refractivity (Wildman–Crippen MR) is 61.3 cm³/mol. The molecule has 1 aliphatic rings. The molecule has 0 spiro atoms. The van der Waals surface area contributed by atoms with Gasteiger partial charge >= 0.3 is 0 Å². The number of amides is 1. The maximum atomic E-state index is 11.7. The quantitative estimate of drug-likeness (QED) is 0.747. The topological polar surface area (TPSA) is 46.3 Å². The van der Waals surface area contributed by atoms with Gasteiger partial charge in [0, 0.05) is 24.1 Å². The number of carbonyl (C=O) groups excluding carboxylic acids is 1. The van der Waals surface area contributed by atoms with Crippen LogP contribution in [0.4, 0.5) is 0 Å². The lowest BCUT2D eigenvalue weighted by atomic mass is 10.1. The zero-order valence-corrected chi connectivity index (χ0v) is 10.0. The maximum absolute atomic E-state index is 11.7. The van der Waals surface area contributed by atoms with Gasteiger partial charge in [0.2, 0.25) is 5.91 Å². The minimum absolute atomic E-state index is 0.0935. The monoisotopic (exact) mass is 216 g/mol. The summed E-state index contributed by atoms with van der Waals surface area (Å²) < 4.78 is 0. The number of nitrogens with two attached hydrogens (primary N) is 1. The number of hydrogen-bond acceptors (Lipinski definition) is 3. The van der Waals surface area contributed by atoms with Crippen LogP contribution in [0.15, 0.2) is 0 Å². The van der Waals surface area contributed by atoms with E-state index in [1.165, 1.54) is 0 Å². The van der Waals surface area contributed by atoms with E-state index in [1.807, 2.05) is 16.7 Å². The van der Waals surface area contributed by atoms with Crippen LogP contribution in [0, 0.1) is 5.92 Å². The van der Waals surface area contributed by atoms with Crippen molar-refractivity contribution < 1.29 is 4.79 Å². The second-order valence-electron chi connectivity index (χ2n) is 4.23. The van der Waals surface area contributed by atoms with Crippen molar-refractivity contribution in [3.05, 3.63) is 0 Å². The highest BCUT2D eigenvalue weighted by Crippen LogP contribution is 2.24. The van der Waals surface area contributed by atoms with Gasteiger partial charge in [-0.3, -0.25) is 4.79 Å². The van der Waals surface area contributed by atoms with Crippen LogP contribution in [0.2, 0.25) is 0 Å². The van der Waals surface area contributed by atoms with Gasteiger partial charge in [-0.15, -0.1) is 0 Å². The number of hydrogen-bond donors (Lipinski definition) is 1. The van der Waals surface area contributed by atoms with Crippen LogP contribution in [0.5, 0.6) is 0 Å². The molecule has 0 bridgehead atoms. The van der Waals surface area contributed by atoms with Crippen LogP contribution in [0.25, 0.3) is 0 Å². The molecule has 0 radical (unpaired) electrons. The largest absolute Gasteiger partial charge is 0.339 e. The molecular weight excluding hydrogens is 196 g/mol. The van der Waals surface area contributed by atoms with E-state index >= 15 is 0 Å². The van der Waals surface area contributed by atoms with Gasteiger partial charge in [0.05, 0.1) is 6.04 Å². The van der Waals surface area contributed by atoms with E-state index in [-0.39, 0.29) is 11.9 Å². The Kier molecular flexibility index (Phi) is 4.26. The summed E-state index contributed by atoms with van der Waals surface area (Å²) in [6.45, 7) is 7.89. The molecule has 0 aromatic rings. The number of nitrogens with zero attached hydrogens (tertiary/aromatic N) is 1. The molecule has 1 rings (SSSR count). The molecule has 4 heteroatoms. The molecule has 1 amide bonds. The van der Waals surface area contributed by atoms with Gasteiger partial charge in [-0.2, -0.15) is 11.8 Å². The summed E-state index contributed by atoms with van der Waals surface area (Å²) in [5.41, 5.74) is 5.59. The standard InChI is InChI=1S/C10H20N2OS/c1-7(2)9-6-12(4-5-14-9)10(13)8(3)11/h7-9H,4-6,11H2,1-3H3/t8-,9?/m1/s1. The van der Waals surface area contributed by atoms with Crippen LogP contribution < -0.4 is 5.73 Å². The first-order valence-electron chi connectivity index (χ1n) is 5.18. The molecule has 1 fully saturated rings. The average Bonchev–Trinajstić information content (AvgIpc) is 2.16. The average molecular weight is 216 g/mol. The summed E-state index contributed by atoms with van der Waals surface area (Å²) in [5, 5.41) is 0.575. The molecule has 1 aliphatic heterocycles. The van der Waals surface area contributed by atoms with Crippen molar-refractivity contribution in [3.63, 3.8) is 0 Å². The third kappa shape index (κ3) is 2.89. The summed E-state index contributed by atoms with van der Waals surface area (Å²) >= 11 is 1.97. The molecule has 0 aromatic heterocycles. The number of carbonyl (C=O) groups is 1. The molecule has 82 valence electrons. The first-order chi connectivity index (χ1) is 6.52. The van der Waals surface area contributed by atoms with Crippen molar-refractivity contribution >= 4 is 17.7 Å². The van der Waals surface area contributed by atoms with Crippen LogP contribution in [-0.2, 0) is 4.79 Å². The lowest BCUT2D eigenvalue weighted by molar-refractivity contribution is -0.132. The molecule has 2 atom stereocenters. The molecule has 1 unspecified atom stereocenters. The zero-order valence-electron chi connectivity index (χ0n) is 9.19. The summed E-state index contributed by atoms with van der Waals surface area (Å²) in [5.74, 6) is 1.76. The Morgan fingerprint density at radius 2 is 2.14 bits per heavy atom. The fraction of sp³-hybridized carbons (Fsp3) is 0.900. The Bertz CT molecular complexity index is 206. The van der Waals surface area contributed by atoms with Gasteiger partial charge in [-0.05, 0) is 12.8 Å². The SMILES string of the molecule is CC(C)C1CN(C(=O)[C@@H](C)N)CCS1. The van der Waals surface area contributed by atoms with E-state index in [0.717, 1.165) is 18.8 Å². The first-order valence-corrected chi connectivity index (χ1v) is 6.23. The zero-order chi connectivity index (χ0) is 10.7. The van der Waals surface area contributed by atoms with E-state index in [2.05, 4.69) is 13.8 Å². The van der Waals surface area contributed by atoms with Gasteiger partial charge < -0.3 is 10.6 Å². The fourth-order valence-corrected chi connectivity index (χ4v) is 2.87. The normalized spacial score (nSPS) is 25.2. The molecule has 3 nitrogen and oxygen atoms in total. The van der Waals surface area contributed by atoms with E-state index in [9.17, 15) is 4.79 Å². The highest BCUT2D eigenvalue weighted by atomic mass is 32.2. The van der Waals surface area contributed by atoms with E-state index < -0.39 is 0 Å². The lowest BCUT2D eigenvalue weighted by Crippen LogP contribution is -2.49. The number of thioether (sulfide) groups is 1. The molecular formula is C10H20N2OS. The molecule has 1 heterocycles. The van der Waals surface area contributed by atoms with E-state index in [4.69, 9.17) is 5.73 Å². The first kappa shape index (κ1) is 11.9. The van der Waals surface area contributed by atoms with Crippen molar-refractivity contribution in [2.45, 2.75) is 32.1 Å². The maximum Gasteiger partial charge on any atom is 0.239 e. The van der Waals surface area contributed by atoms with Crippen molar-refractivity contribution in [1.82, 2.24) is 4.90 Å². The van der Waals surface area contributed by atoms with Crippen molar-refractivity contribution in [3.8, 4) is 0 Å². The van der Waals surface area contributed by atoms with Gasteiger partial charge in [-0.25, -0.2) is 0 Å². The van der Waals surface area contributed by atoms with Crippen LogP contribution >= 0.6 is 11.8 Å². The second-order valence-corrected chi connectivity index (χ2v) is 5.57. The Morgan fingerprint density at radius 1 is 1.50 bits per heavy atom. The molecule has 0 saturated carbocycles. The Morgan fingerprint density at radius 3 is 2.64 bits per heavy atom. The van der Waals surface area contributed by atoms with Gasteiger partial charge in [0.25, 0.3) is 0 Å². The summed E-state index contributed by atoms with van der Waals surface area (Å²) in [6.07, 6.45) is 0. The summed E-state index contributed by atoms with van der Waals surface area (Å²) in [6, 6.07) is -0.356. The smallest absolute Gasteiger partial charge is 0.239 e. The minimum Gasteiger partial charge on any atom is -0.339 e. The third-order valence-electron chi connectivity index (χ3n) is 2.54. The van der Waals surface area contributed by atoms with Gasteiger partial charge in [0.1, 0.15) is 0 Å². The van der Waals surface area contributed by atoms with Crippen LogP contribution in [0.1, 0.15) is 20.8 Å². The minimum atomic E-state index is -0.356. The molecule has 14 heavy (non-hydrogen) atoms. The second kappa shape index (κ2) is 5.03. The van der Waals surface area contributed by atoms with Crippen molar-refractivity contribution in [2.75, 3.05) is 18.8 Å².